The maximum Gasteiger partial charge on any atom is 0.273 e. The van der Waals surface area contributed by atoms with Crippen LogP contribution in [-0.4, -0.2) is 32.9 Å². The first-order chi connectivity index (χ1) is 16.4. The number of nitro groups is 1. The zero-order valence-electron chi connectivity index (χ0n) is 18.3. The topological polar surface area (TPSA) is 119 Å². The second kappa shape index (κ2) is 10.5. The van der Waals surface area contributed by atoms with E-state index in [0.29, 0.717) is 4.31 Å². The van der Waals surface area contributed by atoms with Crippen LogP contribution in [0.5, 0.6) is 5.75 Å². The van der Waals surface area contributed by atoms with Gasteiger partial charge in [-0.05, 0) is 49.4 Å². The van der Waals surface area contributed by atoms with Crippen molar-refractivity contribution in [3.63, 3.8) is 0 Å². The van der Waals surface area contributed by atoms with E-state index in [1.807, 2.05) is 0 Å². The quantitative estimate of drug-likeness (QED) is 0.309. The number of nitrogens with zero attached hydrogens (tertiary/aromatic N) is 2. The molecule has 0 radical (unpaired) electrons. The van der Waals surface area contributed by atoms with Crippen LogP contribution in [0.1, 0.15) is 5.56 Å². The van der Waals surface area contributed by atoms with Gasteiger partial charge < -0.3 is 10.1 Å². The predicted octanol–water partition coefficient (Wildman–Crippen LogP) is 5.19. The molecule has 13 heteroatoms. The van der Waals surface area contributed by atoms with Crippen LogP contribution in [0.2, 0.25) is 10.0 Å². The fourth-order valence-corrected chi connectivity index (χ4v) is 4.93. The van der Waals surface area contributed by atoms with Crippen molar-refractivity contribution in [1.29, 1.82) is 0 Å². The van der Waals surface area contributed by atoms with Crippen molar-refractivity contribution in [2.75, 3.05) is 23.3 Å². The Balaban J connectivity index is 2.09. The highest BCUT2D eigenvalue weighted by Gasteiger charge is 2.31. The van der Waals surface area contributed by atoms with E-state index in [1.165, 1.54) is 50.4 Å². The number of hydrogen-bond donors (Lipinski definition) is 1. The molecule has 0 aliphatic carbocycles. The first-order valence-corrected chi connectivity index (χ1v) is 12.0. The van der Waals surface area contributed by atoms with Crippen molar-refractivity contribution >= 4 is 56.2 Å². The number of sulfonamides is 1. The fourth-order valence-electron chi connectivity index (χ4n) is 3.14. The van der Waals surface area contributed by atoms with Crippen molar-refractivity contribution in [3.05, 3.63) is 86.1 Å². The van der Waals surface area contributed by atoms with Crippen molar-refractivity contribution in [2.45, 2.75) is 11.8 Å². The summed E-state index contributed by atoms with van der Waals surface area (Å²) < 4.78 is 46.7. The van der Waals surface area contributed by atoms with Gasteiger partial charge in [0.1, 0.15) is 18.1 Å². The fraction of sp³-hybridized carbons (Fsp3) is 0.136. The van der Waals surface area contributed by atoms with Gasteiger partial charge in [-0.15, -0.1) is 0 Å². The lowest BCUT2D eigenvalue weighted by Crippen LogP contribution is -2.38. The summed E-state index contributed by atoms with van der Waals surface area (Å²) in [5.41, 5.74) is -0.0976. The van der Waals surface area contributed by atoms with Crippen LogP contribution in [0.25, 0.3) is 0 Å². The number of halogens is 3. The van der Waals surface area contributed by atoms with Crippen LogP contribution >= 0.6 is 23.2 Å². The molecule has 1 N–H and O–H groups in total. The van der Waals surface area contributed by atoms with Gasteiger partial charge >= 0.3 is 0 Å². The summed E-state index contributed by atoms with van der Waals surface area (Å²) in [6.07, 6.45) is 0. The van der Waals surface area contributed by atoms with E-state index in [4.69, 9.17) is 27.9 Å². The van der Waals surface area contributed by atoms with E-state index < -0.39 is 43.8 Å². The van der Waals surface area contributed by atoms with E-state index in [2.05, 4.69) is 5.32 Å². The third kappa shape index (κ3) is 5.81. The second-order valence-electron chi connectivity index (χ2n) is 7.21. The maximum absolute atomic E-state index is 13.6. The van der Waals surface area contributed by atoms with Gasteiger partial charge in [0.2, 0.25) is 5.91 Å². The summed E-state index contributed by atoms with van der Waals surface area (Å²) >= 11 is 11.8. The first-order valence-electron chi connectivity index (χ1n) is 9.80. The van der Waals surface area contributed by atoms with Gasteiger partial charge in [-0.1, -0.05) is 29.3 Å². The Hall–Kier alpha value is -3.41. The molecule has 0 aliphatic rings. The Bertz CT molecular complexity index is 1420. The van der Waals surface area contributed by atoms with Gasteiger partial charge in [0.15, 0.2) is 0 Å². The summed E-state index contributed by atoms with van der Waals surface area (Å²) in [5, 5.41) is 13.7. The molecule has 3 aromatic carbocycles. The molecule has 9 nitrogen and oxygen atoms in total. The number of methoxy groups -OCH3 is 1. The van der Waals surface area contributed by atoms with Gasteiger partial charge in [0, 0.05) is 22.3 Å². The molecule has 1 amide bonds. The number of ether oxygens (including phenoxy) is 1. The van der Waals surface area contributed by atoms with E-state index in [9.17, 15) is 27.7 Å². The number of nitro benzene ring substituents is 1. The summed E-state index contributed by atoms with van der Waals surface area (Å²) in [4.78, 5) is 23.1. The van der Waals surface area contributed by atoms with Crippen molar-refractivity contribution < 1.29 is 27.3 Å². The van der Waals surface area contributed by atoms with Gasteiger partial charge in [-0.25, -0.2) is 12.8 Å². The Morgan fingerprint density at radius 3 is 2.49 bits per heavy atom. The van der Waals surface area contributed by atoms with Gasteiger partial charge in [-0.2, -0.15) is 0 Å². The first kappa shape index (κ1) is 26.2. The van der Waals surface area contributed by atoms with Crippen molar-refractivity contribution in [1.82, 2.24) is 0 Å². The average molecular weight is 542 g/mol. The molecule has 0 aliphatic heterocycles. The molecule has 0 fully saturated rings. The lowest BCUT2D eigenvalue weighted by Gasteiger charge is -2.26. The van der Waals surface area contributed by atoms with Gasteiger partial charge in [-0.3, -0.25) is 19.2 Å². The lowest BCUT2D eigenvalue weighted by molar-refractivity contribution is -0.385. The second-order valence-corrected chi connectivity index (χ2v) is 9.92. The van der Waals surface area contributed by atoms with Crippen molar-refractivity contribution in [3.8, 4) is 5.75 Å². The molecule has 35 heavy (non-hydrogen) atoms. The van der Waals surface area contributed by atoms with E-state index in [0.717, 1.165) is 18.2 Å². The molecule has 184 valence electrons. The number of amides is 1. The zero-order valence-corrected chi connectivity index (χ0v) is 20.6. The third-order valence-corrected chi connectivity index (χ3v) is 7.15. The molecule has 0 unspecified atom stereocenters. The lowest BCUT2D eigenvalue weighted by atomic mass is 10.2. The number of carbonyl (C=O) groups excluding carboxylic acids is 1. The van der Waals surface area contributed by atoms with Crippen LogP contribution in [-0.2, 0) is 14.8 Å². The highest BCUT2D eigenvalue weighted by Crippen LogP contribution is 2.36. The van der Waals surface area contributed by atoms with Crippen LogP contribution in [0.3, 0.4) is 0 Å². The summed E-state index contributed by atoms with van der Waals surface area (Å²) in [7, 11) is -3.23. The van der Waals surface area contributed by atoms with E-state index in [-0.39, 0.29) is 32.7 Å². The van der Waals surface area contributed by atoms with Crippen molar-refractivity contribution in [2.24, 2.45) is 0 Å². The number of carbonyl (C=O) groups is 1. The smallest absolute Gasteiger partial charge is 0.273 e. The molecule has 3 rings (SSSR count). The van der Waals surface area contributed by atoms with Crippen LogP contribution in [0, 0.1) is 22.9 Å². The summed E-state index contributed by atoms with van der Waals surface area (Å²) in [5.74, 6) is -1.42. The molecule has 0 atom stereocenters. The normalized spacial score (nSPS) is 11.1. The zero-order chi connectivity index (χ0) is 25.9. The number of benzene rings is 3. The standard InChI is InChI=1S/C22H18Cl2FN3O6S/c1-13-3-6-16(11-19(13)28(30)31)35(32,33)27(20-9-14(23)4-8-21(20)34-2)12-22(29)26-15-5-7-18(25)17(24)10-15/h3-11H,12H2,1-2H3,(H,26,29). The van der Waals surface area contributed by atoms with Gasteiger partial charge in [0.05, 0.1) is 27.6 Å². The third-order valence-electron chi connectivity index (χ3n) is 4.87. The number of anilines is 2. The largest absolute Gasteiger partial charge is 0.495 e. The molecule has 3 aromatic rings. The number of aryl methyl sites for hydroxylation is 1. The number of nitrogens with one attached hydrogen (secondary N) is 1. The molecule has 0 heterocycles. The Labute approximate surface area is 210 Å². The van der Waals surface area contributed by atoms with Crippen LogP contribution in [0.15, 0.2) is 59.5 Å². The Morgan fingerprint density at radius 1 is 1.14 bits per heavy atom. The summed E-state index contributed by atoms with van der Waals surface area (Å²) in [6, 6.07) is 11.0. The molecular formula is C22H18Cl2FN3O6S. The van der Waals surface area contributed by atoms with Crippen LogP contribution in [0.4, 0.5) is 21.5 Å². The maximum atomic E-state index is 13.6. The highest BCUT2D eigenvalue weighted by atomic mass is 35.5. The van der Waals surface area contributed by atoms with Crippen LogP contribution < -0.4 is 14.4 Å². The SMILES string of the molecule is COc1ccc(Cl)cc1N(CC(=O)Nc1ccc(F)c(Cl)c1)S(=O)(=O)c1ccc(C)c([N+](=O)[O-])c1. The minimum Gasteiger partial charge on any atom is -0.495 e. The molecule has 0 saturated carbocycles. The minimum absolute atomic E-state index is 0.0736. The van der Waals surface area contributed by atoms with Gasteiger partial charge in [0.25, 0.3) is 15.7 Å². The predicted molar refractivity (Wildman–Crippen MR) is 130 cm³/mol. The molecule has 0 bridgehead atoms. The van der Waals surface area contributed by atoms with E-state index >= 15 is 0 Å². The number of hydrogen-bond acceptors (Lipinski definition) is 6. The minimum atomic E-state index is -4.54. The van der Waals surface area contributed by atoms with E-state index in [1.54, 1.807) is 0 Å². The molecule has 0 aromatic heterocycles. The molecule has 0 saturated heterocycles. The highest BCUT2D eigenvalue weighted by molar-refractivity contribution is 7.92. The average Bonchev–Trinajstić information content (AvgIpc) is 2.79. The summed E-state index contributed by atoms with van der Waals surface area (Å²) in [6.45, 7) is 0.698. The monoisotopic (exact) mass is 541 g/mol. The Morgan fingerprint density at radius 2 is 1.86 bits per heavy atom. The molecule has 0 spiro atoms. The molecular weight excluding hydrogens is 524 g/mol. The number of rotatable bonds is 8. The Kier molecular flexibility index (Phi) is 7.83.